The molecule has 0 saturated carbocycles. The van der Waals surface area contributed by atoms with Gasteiger partial charge in [-0.1, -0.05) is 32.4 Å². The number of amides is 10. The number of carboxylic acid groups (broad SMARTS) is 1. The number of benzene rings is 1. The SMILES string of the molecule is CC[C@H](C)[C@H](NC(=O)[C@H](Cc1ccc(OP(C)(=O)O)cc1)NC(=O)[C@H](CO)NC(=O)CNC(=O)[C@@H](NC(=O)[C@@H](NC(=O)[C@@H](N)[C@@H](C)O)[C@@H](C)O)[C@@H](C)O)C(=O)N[C@@H](C)C(=O)N[C@@H](CC(N)=O)C(=O)N[C@@H](CCCN=C(N)N)C(=O)O. The van der Waals surface area contributed by atoms with E-state index in [0.717, 1.165) is 20.5 Å². The summed E-state index contributed by atoms with van der Waals surface area (Å²) in [5, 5.41) is 70.3. The van der Waals surface area contributed by atoms with E-state index in [1.54, 1.807) is 13.8 Å². The van der Waals surface area contributed by atoms with Crippen molar-refractivity contribution in [3.05, 3.63) is 29.8 Å². The van der Waals surface area contributed by atoms with Crippen molar-refractivity contribution in [3.8, 4) is 5.75 Å². The Labute approximate surface area is 459 Å². The third-order valence-corrected chi connectivity index (χ3v) is 12.2. The van der Waals surface area contributed by atoms with Crippen LogP contribution in [0, 0.1) is 5.92 Å². The lowest BCUT2D eigenvalue weighted by Gasteiger charge is -2.29. The van der Waals surface area contributed by atoms with Crippen molar-refractivity contribution in [1.29, 1.82) is 0 Å². The minimum Gasteiger partial charge on any atom is -0.480 e. The monoisotopic (exact) mass is 1160 g/mol. The number of carbonyl (C=O) groups excluding carboxylic acids is 10. The minimum absolute atomic E-state index is 0.0229. The summed E-state index contributed by atoms with van der Waals surface area (Å²) >= 11 is 0. The molecular formula is C46H77N14O19P. The lowest BCUT2D eigenvalue weighted by Crippen LogP contribution is -2.62. The van der Waals surface area contributed by atoms with Crippen molar-refractivity contribution in [2.24, 2.45) is 33.8 Å². The van der Waals surface area contributed by atoms with Crippen molar-refractivity contribution in [1.82, 2.24) is 47.9 Å². The van der Waals surface area contributed by atoms with Crippen LogP contribution in [-0.4, -0.2) is 200 Å². The molecule has 0 fully saturated rings. The van der Waals surface area contributed by atoms with Crippen LogP contribution in [0.1, 0.15) is 72.8 Å². The van der Waals surface area contributed by atoms with Gasteiger partial charge in [0.2, 0.25) is 59.1 Å². The zero-order valence-electron chi connectivity index (χ0n) is 45.2. The maximum atomic E-state index is 14.2. The molecule has 10 amide bonds. The van der Waals surface area contributed by atoms with Gasteiger partial charge in [0, 0.05) is 19.6 Å². The highest BCUT2D eigenvalue weighted by Gasteiger charge is 2.37. The van der Waals surface area contributed by atoms with Gasteiger partial charge in [-0.25, -0.2) is 9.36 Å². The van der Waals surface area contributed by atoms with Crippen LogP contribution in [-0.2, 0) is 63.7 Å². The van der Waals surface area contributed by atoms with Gasteiger partial charge in [0.25, 0.3) is 0 Å². The molecule has 1 aromatic carbocycles. The van der Waals surface area contributed by atoms with Crippen LogP contribution >= 0.6 is 7.60 Å². The molecule has 14 atom stereocenters. The lowest BCUT2D eigenvalue weighted by atomic mass is 9.96. The topological polar surface area (TPSA) is 560 Å². The first-order chi connectivity index (χ1) is 37.1. The van der Waals surface area contributed by atoms with Crippen molar-refractivity contribution in [2.45, 2.75) is 146 Å². The van der Waals surface area contributed by atoms with E-state index in [9.17, 15) is 87.7 Å². The molecular weight excluding hydrogens is 1080 g/mol. The molecule has 0 aliphatic heterocycles. The third-order valence-electron chi connectivity index (χ3n) is 11.6. The number of aliphatic hydroxyl groups is 4. The number of aliphatic imine (C=N–C) groups is 1. The summed E-state index contributed by atoms with van der Waals surface area (Å²) in [6.07, 6.45) is -5.60. The first-order valence-electron chi connectivity index (χ1n) is 24.9. The maximum Gasteiger partial charge on any atom is 0.373 e. The first-order valence-corrected chi connectivity index (χ1v) is 26.9. The van der Waals surface area contributed by atoms with E-state index in [-0.39, 0.29) is 43.1 Å². The zero-order valence-corrected chi connectivity index (χ0v) is 46.1. The Bertz CT molecular complexity index is 2400. The fourth-order valence-corrected chi connectivity index (χ4v) is 7.42. The Morgan fingerprint density at radius 2 is 1.14 bits per heavy atom. The fraction of sp³-hybridized carbons (Fsp3) is 0.609. The van der Waals surface area contributed by atoms with Gasteiger partial charge in [0.1, 0.15) is 60.1 Å². The van der Waals surface area contributed by atoms with E-state index in [1.165, 1.54) is 38.1 Å². The van der Waals surface area contributed by atoms with E-state index >= 15 is 0 Å². The number of aliphatic carboxylic acids is 1. The fourth-order valence-electron chi connectivity index (χ4n) is 6.90. The molecule has 0 spiro atoms. The smallest absolute Gasteiger partial charge is 0.373 e. The number of guanidine groups is 1. The van der Waals surface area contributed by atoms with E-state index in [1.807, 2.05) is 0 Å². The molecule has 0 saturated heterocycles. The van der Waals surface area contributed by atoms with Crippen molar-refractivity contribution >= 4 is 78.6 Å². The van der Waals surface area contributed by atoms with Gasteiger partial charge in [-0.15, -0.1) is 0 Å². The Kier molecular flexibility index (Phi) is 29.8. The second kappa shape index (κ2) is 33.8. The van der Waals surface area contributed by atoms with Gasteiger partial charge >= 0.3 is 13.6 Å². The van der Waals surface area contributed by atoms with Crippen molar-refractivity contribution in [3.63, 3.8) is 0 Å². The average Bonchev–Trinajstić information content (AvgIpc) is 3.36. The summed E-state index contributed by atoms with van der Waals surface area (Å²) in [5.41, 5.74) is 21.7. The Morgan fingerprint density at radius 1 is 0.637 bits per heavy atom. The Hall–Kier alpha value is -7.55. The highest BCUT2D eigenvalue weighted by Crippen LogP contribution is 2.38. The van der Waals surface area contributed by atoms with Gasteiger partial charge in [0.05, 0.1) is 37.9 Å². The molecule has 0 heterocycles. The van der Waals surface area contributed by atoms with Gasteiger partial charge < -0.3 is 106 Å². The molecule has 23 N–H and O–H groups in total. The number of carbonyl (C=O) groups is 11. The zero-order chi connectivity index (χ0) is 61.4. The van der Waals surface area contributed by atoms with Crippen LogP contribution in [0.5, 0.6) is 5.75 Å². The highest BCUT2D eigenvalue weighted by molar-refractivity contribution is 7.52. The van der Waals surface area contributed by atoms with Crippen LogP contribution < -0.4 is 75.3 Å². The molecule has 80 heavy (non-hydrogen) atoms. The standard InChI is InChI=1S/C46H77N14O19P/c1-8-20(2)34(43(73)53-21(3)37(67)56-29(17-31(47)65)38(68)55-27(45(75)76)10-9-15-51-46(49)50)58-39(69)28(16-25-11-13-26(14-12-25)79-80(7,77)78)57-40(70)30(19-61)54-32(66)18-52-42(72)35(23(5)63)60-44(74)36(24(6)64)59-41(71)33(48)22(4)62/h11-14,20-24,27-30,33-36,61-64H,8-10,15-19,48H2,1-7H3,(H2,47,65)(H,52,72)(H,53,73)(H,54,66)(H,55,68)(H,56,67)(H,57,70)(H,58,69)(H,59,71)(H,60,74)(H,75,76)(H,77,78)(H4,49,50,51)/t20-,21-,22+,23+,24+,27-,28-,29-,30-,33-,34-,35-,36-/m0/s1. The predicted octanol–water partition coefficient (Wildman–Crippen LogP) is -8.04. The highest BCUT2D eigenvalue weighted by atomic mass is 31.2. The number of hydrogen-bond acceptors (Lipinski definition) is 19. The van der Waals surface area contributed by atoms with E-state index < -0.39 is 177 Å². The van der Waals surface area contributed by atoms with Crippen LogP contribution in [0.15, 0.2) is 29.3 Å². The molecule has 0 radical (unpaired) electrons. The molecule has 0 aliphatic rings. The number of carboxylic acids is 1. The largest absolute Gasteiger partial charge is 0.480 e. The summed E-state index contributed by atoms with van der Waals surface area (Å²) in [6, 6.07) is -9.49. The van der Waals surface area contributed by atoms with Crippen molar-refractivity contribution in [2.75, 3.05) is 26.4 Å². The van der Waals surface area contributed by atoms with Gasteiger partial charge in [-0.05, 0) is 64.2 Å². The molecule has 0 aliphatic carbocycles. The van der Waals surface area contributed by atoms with E-state index in [4.69, 9.17) is 27.5 Å². The number of nitrogens with one attached hydrogen (secondary N) is 9. The molecule has 33 nitrogen and oxygen atoms in total. The number of nitrogens with two attached hydrogens (primary N) is 4. The second-order valence-corrected chi connectivity index (χ2v) is 20.5. The van der Waals surface area contributed by atoms with Gasteiger partial charge in [-0.2, -0.15) is 0 Å². The summed E-state index contributed by atoms with van der Waals surface area (Å²) < 4.78 is 16.9. The summed E-state index contributed by atoms with van der Waals surface area (Å²) in [7, 11) is -4.01. The molecule has 0 bridgehead atoms. The molecule has 1 aromatic rings. The summed E-state index contributed by atoms with van der Waals surface area (Å²) in [6.45, 7) is 6.68. The maximum absolute atomic E-state index is 14.2. The number of primary amides is 1. The van der Waals surface area contributed by atoms with Crippen LogP contribution in [0.4, 0.5) is 0 Å². The molecule has 1 unspecified atom stereocenters. The Balaban J connectivity index is 3.38. The van der Waals surface area contributed by atoms with E-state index in [0.29, 0.717) is 0 Å². The number of rotatable bonds is 35. The second-order valence-electron chi connectivity index (χ2n) is 18.7. The number of hydrogen-bond donors (Lipinski definition) is 19. The lowest BCUT2D eigenvalue weighted by molar-refractivity contribution is -0.142. The first kappa shape index (κ1) is 70.5. The quantitative estimate of drug-likeness (QED) is 0.0130. The predicted molar refractivity (Wildman–Crippen MR) is 282 cm³/mol. The van der Waals surface area contributed by atoms with Crippen LogP contribution in [0.3, 0.4) is 0 Å². The van der Waals surface area contributed by atoms with Crippen molar-refractivity contribution < 1.29 is 92.3 Å². The van der Waals surface area contributed by atoms with Gasteiger partial charge in [-0.3, -0.25) is 52.9 Å². The number of nitrogens with zero attached hydrogens (tertiary/aromatic N) is 1. The third kappa shape index (κ3) is 25.5. The normalized spacial score (nSPS) is 16.7. The molecule has 34 heteroatoms. The van der Waals surface area contributed by atoms with Crippen LogP contribution in [0.25, 0.3) is 0 Å². The van der Waals surface area contributed by atoms with E-state index in [2.05, 4.69) is 52.8 Å². The molecule has 1 rings (SSSR count). The Morgan fingerprint density at radius 3 is 1.64 bits per heavy atom. The summed E-state index contributed by atoms with van der Waals surface area (Å²) in [4.78, 5) is 157. The number of aliphatic hydroxyl groups excluding tert-OH is 4. The molecule has 450 valence electrons. The molecule has 0 aromatic heterocycles. The van der Waals surface area contributed by atoms with Crippen LogP contribution in [0.2, 0.25) is 0 Å². The minimum atomic E-state index is -4.01. The van der Waals surface area contributed by atoms with Gasteiger partial charge in [0.15, 0.2) is 5.96 Å². The summed E-state index contributed by atoms with van der Waals surface area (Å²) in [5.74, 6) is -13.4. The average molecular weight is 1160 g/mol.